The molecule has 1 heterocycles. The van der Waals surface area contributed by atoms with Gasteiger partial charge in [-0.15, -0.1) is 0 Å². The van der Waals surface area contributed by atoms with Crippen molar-refractivity contribution in [2.24, 2.45) is 0 Å². The van der Waals surface area contributed by atoms with Gasteiger partial charge in [0.25, 0.3) is 0 Å². The number of hydrogen-bond donors (Lipinski definition) is 1. The second kappa shape index (κ2) is 7.22. The molecule has 0 aromatic carbocycles. The summed E-state index contributed by atoms with van der Waals surface area (Å²) in [5.41, 5.74) is 1.01. The fourth-order valence-corrected chi connectivity index (χ4v) is 2.65. The normalized spacial score (nSPS) is 24.1. The molecule has 1 N–H and O–H groups in total. The highest BCUT2D eigenvalue weighted by Gasteiger charge is 2.20. The second-order valence-corrected chi connectivity index (χ2v) is 5.73. The van der Waals surface area contributed by atoms with Crippen molar-refractivity contribution in [2.45, 2.75) is 51.4 Å². The van der Waals surface area contributed by atoms with Crippen LogP contribution in [0.15, 0.2) is 22.8 Å². The minimum Gasteiger partial charge on any atom is -0.372 e. The van der Waals surface area contributed by atoms with E-state index in [1.54, 1.807) is 0 Å². The Morgan fingerprint density at radius 3 is 2.72 bits per heavy atom. The van der Waals surface area contributed by atoms with E-state index >= 15 is 0 Å². The molecule has 2 rings (SSSR count). The molecule has 0 radical (unpaired) electrons. The molecule has 1 saturated carbocycles. The molecule has 0 saturated heterocycles. The maximum absolute atomic E-state index is 5.93. The Morgan fingerprint density at radius 2 is 2.11 bits per heavy atom. The summed E-state index contributed by atoms with van der Waals surface area (Å²) in [7, 11) is 0. The van der Waals surface area contributed by atoms with Crippen LogP contribution in [0.2, 0.25) is 0 Å². The van der Waals surface area contributed by atoms with Gasteiger partial charge in [0.15, 0.2) is 0 Å². The molecule has 3 nitrogen and oxygen atoms in total. The van der Waals surface area contributed by atoms with Gasteiger partial charge in [-0.2, -0.15) is 0 Å². The minimum absolute atomic E-state index is 0.408. The lowest BCUT2D eigenvalue weighted by atomic mass is 9.93. The van der Waals surface area contributed by atoms with Crippen LogP contribution in [-0.4, -0.2) is 23.7 Å². The number of aromatic nitrogens is 1. The van der Waals surface area contributed by atoms with Gasteiger partial charge in [0.05, 0.1) is 18.4 Å². The van der Waals surface area contributed by atoms with Crippen LogP contribution in [0, 0.1) is 0 Å². The first-order valence-corrected chi connectivity index (χ1v) is 7.52. The lowest BCUT2D eigenvalue weighted by Crippen LogP contribution is -2.35. The monoisotopic (exact) mass is 312 g/mol. The number of ether oxygens (including phenoxy) is 1. The van der Waals surface area contributed by atoms with Crippen molar-refractivity contribution in [1.82, 2.24) is 10.3 Å². The van der Waals surface area contributed by atoms with Crippen LogP contribution < -0.4 is 5.32 Å². The summed E-state index contributed by atoms with van der Waals surface area (Å²) in [4.78, 5) is 4.32. The third-order valence-electron chi connectivity index (χ3n) is 3.42. The lowest BCUT2D eigenvalue weighted by Gasteiger charge is -2.28. The number of hydrogen-bond acceptors (Lipinski definition) is 3. The molecular formula is C14H21BrN2O. The Bertz CT molecular complexity index is 347. The lowest BCUT2D eigenvalue weighted by molar-refractivity contribution is 0.00992. The Balaban J connectivity index is 1.70. The van der Waals surface area contributed by atoms with Gasteiger partial charge in [-0.3, -0.25) is 4.98 Å². The van der Waals surface area contributed by atoms with Gasteiger partial charge in [-0.05, 0) is 60.3 Å². The smallest absolute Gasteiger partial charge is 0.0891 e. The summed E-state index contributed by atoms with van der Waals surface area (Å²) in [5, 5.41) is 3.51. The number of nitrogens with zero attached hydrogens (tertiary/aromatic N) is 1. The Labute approximate surface area is 117 Å². The molecule has 18 heavy (non-hydrogen) atoms. The summed E-state index contributed by atoms with van der Waals surface area (Å²) in [5.74, 6) is 0. The van der Waals surface area contributed by atoms with Gasteiger partial charge in [0, 0.05) is 16.7 Å². The highest BCUT2D eigenvalue weighted by atomic mass is 79.9. The number of nitrogens with one attached hydrogen (secondary N) is 1. The second-order valence-electron chi connectivity index (χ2n) is 4.81. The van der Waals surface area contributed by atoms with Crippen molar-refractivity contribution in [1.29, 1.82) is 0 Å². The summed E-state index contributed by atoms with van der Waals surface area (Å²) in [6.45, 7) is 3.87. The molecule has 0 atom stereocenters. The molecule has 4 heteroatoms. The minimum atomic E-state index is 0.408. The first-order chi connectivity index (χ1) is 8.78. The summed E-state index contributed by atoms with van der Waals surface area (Å²) in [6.07, 6.45) is 7.01. The topological polar surface area (TPSA) is 34.1 Å². The molecule has 0 aliphatic heterocycles. The van der Waals surface area contributed by atoms with Crippen LogP contribution in [0.3, 0.4) is 0 Å². The molecule has 1 aliphatic rings. The van der Waals surface area contributed by atoms with Crippen LogP contribution >= 0.6 is 15.9 Å². The SMILES string of the molecule is CCNC1CCC(OCc2ccc(Br)cn2)CC1. The molecule has 1 aliphatic carbocycles. The fourth-order valence-electron chi connectivity index (χ4n) is 2.42. The fraction of sp³-hybridized carbons (Fsp3) is 0.643. The molecule has 0 bridgehead atoms. The van der Waals surface area contributed by atoms with E-state index in [1.165, 1.54) is 12.8 Å². The van der Waals surface area contributed by atoms with E-state index in [-0.39, 0.29) is 0 Å². The summed E-state index contributed by atoms with van der Waals surface area (Å²) >= 11 is 3.38. The van der Waals surface area contributed by atoms with E-state index < -0.39 is 0 Å². The average molecular weight is 313 g/mol. The average Bonchev–Trinajstić information content (AvgIpc) is 2.40. The maximum atomic E-state index is 5.93. The predicted molar refractivity (Wildman–Crippen MR) is 76.4 cm³/mol. The first-order valence-electron chi connectivity index (χ1n) is 6.73. The largest absolute Gasteiger partial charge is 0.372 e. The summed E-state index contributed by atoms with van der Waals surface area (Å²) in [6, 6.07) is 4.71. The Kier molecular flexibility index (Phi) is 5.60. The van der Waals surface area contributed by atoms with Crippen molar-refractivity contribution in [3.63, 3.8) is 0 Å². The maximum Gasteiger partial charge on any atom is 0.0891 e. The number of pyridine rings is 1. The molecule has 0 unspecified atom stereocenters. The highest BCUT2D eigenvalue weighted by Crippen LogP contribution is 2.22. The zero-order chi connectivity index (χ0) is 12.8. The molecule has 0 spiro atoms. The Morgan fingerprint density at radius 1 is 1.33 bits per heavy atom. The molecule has 100 valence electrons. The van der Waals surface area contributed by atoms with Crippen LogP contribution in [0.1, 0.15) is 38.3 Å². The zero-order valence-corrected chi connectivity index (χ0v) is 12.4. The molecule has 1 fully saturated rings. The van der Waals surface area contributed by atoms with Gasteiger partial charge < -0.3 is 10.1 Å². The van der Waals surface area contributed by atoms with Crippen molar-refractivity contribution in [2.75, 3.05) is 6.54 Å². The van der Waals surface area contributed by atoms with Crippen molar-refractivity contribution < 1.29 is 4.74 Å². The molecule has 1 aromatic rings. The van der Waals surface area contributed by atoms with Crippen LogP contribution in [-0.2, 0) is 11.3 Å². The third-order valence-corrected chi connectivity index (χ3v) is 3.89. The molecular weight excluding hydrogens is 292 g/mol. The molecule has 1 aromatic heterocycles. The summed E-state index contributed by atoms with van der Waals surface area (Å²) < 4.78 is 6.94. The van der Waals surface area contributed by atoms with E-state index in [1.807, 2.05) is 18.3 Å². The van der Waals surface area contributed by atoms with E-state index in [2.05, 4.69) is 33.2 Å². The molecule has 0 amide bonds. The first kappa shape index (κ1) is 14.0. The highest BCUT2D eigenvalue weighted by molar-refractivity contribution is 9.10. The van der Waals surface area contributed by atoms with E-state index in [9.17, 15) is 0 Å². The van der Waals surface area contributed by atoms with Gasteiger partial charge in [0.2, 0.25) is 0 Å². The van der Waals surface area contributed by atoms with Crippen LogP contribution in [0.25, 0.3) is 0 Å². The predicted octanol–water partition coefficient (Wildman–Crippen LogP) is 3.28. The van der Waals surface area contributed by atoms with Crippen molar-refractivity contribution >= 4 is 15.9 Å². The zero-order valence-electron chi connectivity index (χ0n) is 10.9. The van der Waals surface area contributed by atoms with Gasteiger partial charge in [-0.25, -0.2) is 0 Å². The standard InChI is InChI=1S/C14H21BrN2O/c1-2-16-12-5-7-14(8-6-12)18-10-13-4-3-11(15)9-17-13/h3-4,9,12,14,16H,2,5-8,10H2,1H3. The van der Waals surface area contributed by atoms with Gasteiger partial charge >= 0.3 is 0 Å². The van der Waals surface area contributed by atoms with Crippen LogP contribution in [0.5, 0.6) is 0 Å². The van der Waals surface area contributed by atoms with Gasteiger partial charge in [0.1, 0.15) is 0 Å². The Hall–Kier alpha value is -0.450. The quantitative estimate of drug-likeness (QED) is 0.906. The van der Waals surface area contributed by atoms with Crippen LogP contribution in [0.4, 0.5) is 0 Å². The third kappa shape index (κ3) is 4.34. The van der Waals surface area contributed by atoms with E-state index in [0.29, 0.717) is 18.8 Å². The van der Waals surface area contributed by atoms with E-state index in [4.69, 9.17) is 4.74 Å². The number of rotatable bonds is 5. The van der Waals surface area contributed by atoms with E-state index in [0.717, 1.165) is 29.6 Å². The van der Waals surface area contributed by atoms with Gasteiger partial charge in [-0.1, -0.05) is 6.92 Å². The number of halogens is 1. The van der Waals surface area contributed by atoms with Crippen molar-refractivity contribution in [3.8, 4) is 0 Å². The van der Waals surface area contributed by atoms with Crippen molar-refractivity contribution in [3.05, 3.63) is 28.5 Å².